The first kappa shape index (κ1) is 20.8. The van der Waals surface area contributed by atoms with Crippen LogP contribution in [0.3, 0.4) is 0 Å². The summed E-state index contributed by atoms with van der Waals surface area (Å²) in [6.45, 7) is 7.00. The number of alkyl halides is 3. The van der Waals surface area contributed by atoms with Gasteiger partial charge in [-0.1, -0.05) is 12.5 Å². The van der Waals surface area contributed by atoms with Crippen LogP contribution in [0, 0.1) is 0 Å². The van der Waals surface area contributed by atoms with Gasteiger partial charge in [-0.25, -0.2) is 0 Å². The number of piperidine rings is 1. The fraction of sp³-hybridized carbons (Fsp3) is 0.650. The number of anilines is 1. The van der Waals surface area contributed by atoms with Crippen molar-refractivity contribution in [3.05, 3.63) is 24.3 Å². The van der Waals surface area contributed by atoms with E-state index in [0.717, 1.165) is 32.6 Å². The van der Waals surface area contributed by atoms with E-state index >= 15 is 0 Å². The molecule has 3 rings (SSSR count). The van der Waals surface area contributed by atoms with E-state index in [0.29, 0.717) is 18.8 Å². The average molecular weight is 399 g/mol. The van der Waals surface area contributed by atoms with Gasteiger partial charge in [0.1, 0.15) is 11.8 Å². The lowest BCUT2D eigenvalue weighted by Crippen LogP contribution is -2.56. The van der Waals surface area contributed by atoms with Crippen molar-refractivity contribution in [3.63, 3.8) is 0 Å². The molecule has 1 aromatic carbocycles. The molecule has 1 atom stereocenters. The van der Waals surface area contributed by atoms with E-state index in [2.05, 4.69) is 9.64 Å². The van der Waals surface area contributed by atoms with Crippen molar-refractivity contribution >= 4 is 11.6 Å². The highest BCUT2D eigenvalue weighted by atomic mass is 19.4. The van der Waals surface area contributed by atoms with Gasteiger partial charge in [-0.2, -0.15) is 0 Å². The second kappa shape index (κ2) is 9.03. The maximum atomic E-state index is 12.8. The SMILES string of the molecule is CC1C(=O)N(CCCN2CCCCC2)CCN1c1cccc(OC(F)(F)F)c1. The van der Waals surface area contributed by atoms with Crippen LogP contribution in [0.25, 0.3) is 0 Å². The molecule has 1 unspecified atom stereocenters. The van der Waals surface area contributed by atoms with Crippen LogP contribution in [-0.4, -0.2) is 67.4 Å². The molecule has 2 aliphatic heterocycles. The highest BCUT2D eigenvalue weighted by molar-refractivity contribution is 5.86. The normalized spacial score (nSPS) is 21.9. The Labute approximate surface area is 164 Å². The van der Waals surface area contributed by atoms with Crippen LogP contribution < -0.4 is 9.64 Å². The molecule has 2 aliphatic rings. The van der Waals surface area contributed by atoms with Gasteiger partial charge < -0.3 is 19.4 Å². The van der Waals surface area contributed by atoms with E-state index in [4.69, 9.17) is 0 Å². The molecule has 1 aromatic rings. The first-order chi connectivity index (χ1) is 13.3. The molecule has 5 nitrogen and oxygen atoms in total. The van der Waals surface area contributed by atoms with Crippen molar-refractivity contribution in [1.82, 2.24) is 9.80 Å². The third-order valence-corrected chi connectivity index (χ3v) is 5.48. The van der Waals surface area contributed by atoms with Crippen LogP contribution in [-0.2, 0) is 4.79 Å². The van der Waals surface area contributed by atoms with Gasteiger partial charge in [0.25, 0.3) is 0 Å². The maximum absolute atomic E-state index is 12.8. The van der Waals surface area contributed by atoms with Gasteiger partial charge in [0.2, 0.25) is 5.91 Å². The molecule has 0 N–H and O–H groups in total. The first-order valence-electron chi connectivity index (χ1n) is 9.97. The Morgan fingerprint density at radius 2 is 1.82 bits per heavy atom. The van der Waals surface area contributed by atoms with E-state index in [1.54, 1.807) is 13.0 Å². The number of benzene rings is 1. The van der Waals surface area contributed by atoms with E-state index in [-0.39, 0.29) is 11.7 Å². The van der Waals surface area contributed by atoms with Crippen molar-refractivity contribution in [2.24, 2.45) is 0 Å². The monoisotopic (exact) mass is 399 g/mol. The first-order valence-corrected chi connectivity index (χ1v) is 9.97. The number of piperazine rings is 1. The average Bonchev–Trinajstić information content (AvgIpc) is 2.65. The predicted molar refractivity (Wildman–Crippen MR) is 101 cm³/mol. The number of halogens is 3. The molecule has 1 amide bonds. The number of hydrogen-bond donors (Lipinski definition) is 0. The number of rotatable bonds is 6. The fourth-order valence-corrected chi connectivity index (χ4v) is 4.03. The quantitative estimate of drug-likeness (QED) is 0.734. The van der Waals surface area contributed by atoms with Crippen LogP contribution in [0.2, 0.25) is 0 Å². The van der Waals surface area contributed by atoms with Crippen molar-refractivity contribution in [2.45, 2.75) is 45.0 Å². The van der Waals surface area contributed by atoms with E-state index in [9.17, 15) is 18.0 Å². The topological polar surface area (TPSA) is 36.0 Å². The number of likely N-dealkylation sites (tertiary alicyclic amines) is 1. The zero-order valence-corrected chi connectivity index (χ0v) is 16.2. The van der Waals surface area contributed by atoms with Crippen molar-refractivity contribution in [3.8, 4) is 5.75 Å². The van der Waals surface area contributed by atoms with Gasteiger partial charge in [-0.05, 0) is 58.0 Å². The van der Waals surface area contributed by atoms with E-state index in [1.165, 1.54) is 37.5 Å². The minimum absolute atomic E-state index is 0.0204. The second-order valence-electron chi connectivity index (χ2n) is 7.50. The zero-order valence-electron chi connectivity index (χ0n) is 16.2. The number of carbonyl (C=O) groups is 1. The third kappa shape index (κ3) is 5.53. The molecule has 8 heteroatoms. The largest absolute Gasteiger partial charge is 0.573 e. The molecule has 0 aliphatic carbocycles. The molecule has 0 radical (unpaired) electrons. The fourth-order valence-electron chi connectivity index (χ4n) is 4.03. The van der Waals surface area contributed by atoms with Gasteiger partial charge in [0.05, 0.1) is 0 Å². The second-order valence-corrected chi connectivity index (χ2v) is 7.50. The molecular weight excluding hydrogens is 371 g/mol. The minimum atomic E-state index is -4.73. The number of ether oxygens (including phenoxy) is 1. The van der Waals surface area contributed by atoms with Crippen molar-refractivity contribution < 1.29 is 22.7 Å². The molecule has 2 heterocycles. The van der Waals surface area contributed by atoms with Crippen LogP contribution in [0.15, 0.2) is 24.3 Å². The van der Waals surface area contributed by atoms with Gasteiger partial charge >= 0.3 is 6.36 Å². The Morgan fingerprint density at radius 3 is 2.54 bits per heavy atom. The van der Waals surface area contributed by atoms with Crippen LogP contribution in [0.4, 0.5) is 18.9 Å². The molecule has 0 aromatic heterocycles. The molecule has 0 saturated carbocycles. The summed E-state index contributed by atoms with van der Waals surface area (Å²) in [6, 6.07) is 5.41. The van der Waals surface area contributed by atoms with Crippen LogP contribution >= 0.6 is 0 Å². The standard InChI is InChI=1S/C20H28F3N3O2/c1-16-19(27)25(12-6-11-24-9-3-2-4-10-24)13-14-26(16)17-7-5-8-18(15-17)28-20(21,22)23/h5,7-8,15-16H,2-4,6,9-14H2,1H3. The summed E-state index contributed by atoms with van der Waals surface area (Å²) in [5, 5.41) is 0. The molecule has 0 bridgehead atoms. The van der Waals surface area contributed by atoms with Crippen LogP contribution in [0.1, 0.15) is 32.6 Å². The van der Waals surface area contributed by atoms with Gasteiger partial charge in [-0.15, -0.1) is 13.2 Å². The summed E-state index contributed by atoms with van der Waals surface area (Å²) < 4.78 is 41.4. The number of carbonyl (C=O) groups excluding carboxylic acids is 1. The lowest BCUT2D eigenvalue weighted by molar-refractivity contribution is -0.274. The number of nitrogens with zero attached hydrogens (tertiary/aromatic N) is 3. The highest BCUT2D eigenvalue weighted by Crippen LogP contribution is 2.29. The summed E-state index contributed by atoms with van der Waals surface area (Å²) in [5.41, 5.74) is 0.565. The Kier molecular flexibility index (Phi) is 6.69. The summed E-state index contributed by atoms with van der Waals surface area (Å²) in [4.78, 5) is 18.9. The van der Waals surface area contributed by atoms with Crippen molar-refractivity contribution in [2.75, 3.05) is 44.2 Å². The Balaban J connectivity index is 1.54. The molecular formula is C20H28F3N3O2. The predicted octanol–water partition coefficient (Wildman–Crippen LogP) is 3.50. The zero-order chi connectivity index (χ0) is 20.1. The smallest absolute Gasteiger partial charge is 0.406 e. The number of hydrogen-bond acceptors (Lipinski definition) is 4. The molecule has 0 spiro atoms. The Bertz CT molecular complexity index is 662. The molecule has 2 fully saturated rings. The van der Waals surface area contributed by atoms with Crippen molar-refractivity contribution in [1.29, 1.82) is 0 Å². The van der Waals surface area contributed by atoms with E-state index in [1.807, 2.05) is 9.80 Å². The minimum Gasteiger partial charge on any atom is -0.406 e. The van der Waals surface area contributed by atoms with Gasteiger partial charge in [0.15, 0.2) is 0 Å². The summed E-state index contributed by atoms with van der Waals surface area (Å²) in [5.74, 6) is -0.249. The highest BCUT2D eigenvalue weighted by Gasteiger charge is 2.33. The van der Waals surface area contributed by atoms with E-state index < -0.39 is 12.4 Å². The Hall–Kier alpha value is -1.96. The Morgan fingerprint density at radius 1 is 1.07 bits per heavy atom. The molecule has 156 valence electrons. The molecule has 28 heavy (non-hydrogen) atoms. The summed E-state index contributed by atoms with van der Waals surface area (Å²) >= 11 is 0. The summed E-state index contributed by atoms with van der Waals surface area (Å²) in [6.07, 6.45) is 0.0433. The number of amides is 1. The van der Waals surface area contributed by atoms with Gasteiger partial charge in [-0.3, -0.25) is 4.79 Å². The summed E-state index contributed by atoms with van der Waals surface area (Å²) in [7, 11) is 0. The third-order valence-electron chi connectivity index (χ3n) is 5.48. The van der Waals surface area contributed by atoms with Gasteiger partial charge in [0, 0.05) is 31.4 Å². The lowest BCUT2D eigenvalue weighted by Gasteiger charge is -2.41. The van der Waals surface area contributed by atoms with Crippen LogP contribution in [0.5, 0.6) is 5.75 Å². The lowest BCUT2D eigenvalue weighted by atomic mass is 10.1. The molecule has 2 saturated heterocycles. The maximum Gasteiger partial charge on any atom is 0.573 e.